The maximum absolute atomic E-state index is 12.8. The van der Waals surface area contributed by atoms with Crippen LogP contribution in [0.5, 0.6) is 5.75 Å². The molecule has 0 aliphatic heterocycles. The van der Waals surface area contributed by atoms with Crippen LogP contribution < -0.4 is 15.6 Å². The van der Waals surface area contributed by atoms with Crippen LogP contribution in [0.3, 0.4) is 0 Å². The van der Waals surface area contributed by atoms with Crippen LogP contribution in [0.2, 0.25) is 0 Å². The van der Waals surface area contributed by atoms with Crippen molar-refractivity contribution in [3.63, 3.8) is 0 Å². The first-order chi connectivity index (χ1) is 12.0. The van der Waals surface area contributed by atoms with Gasteiger partial charge in [0.2, 0.25) is 5.91 Å². The molecule has 8 heteroatoms. The summed E-state index contributed by atoms with van der Waals surface area (Å²) >= 11 is 1.40. The number of ether oxygens (including phenoxy) is 1. The molecular formula is C17H16F2N2O3S. The number of rotatable bonds is 7. The van der Waals surface area contributed by atoms with Gasteiger partial charge in [-0.05, 0) is 48.5 Å². The normalized spacial score (nSPS) is 10.2. The lowest BCUT2D eigenvalue weighted by atomic mass is 10.3. The molecule has 2 amide bonds. The Morgan fingerprint density at radius 1 is 0.880 bits per heavy atom. The second kappa shape index (κ2) is 9.63. The number of hydrogen-bond donors (Lipinski definition) is 2. The van der Waals surface area contributed by atoms with Gasteiger partial charge < -0.3 is 4.74 Å². The van der Waals surface area contributed by atoms with E-state index in [-0.39, 0.29) is 24.8 Å². The molecule has 0 unspecified atom stereocenters. The average Bonchev–Trinajstić information content (AvgIpc) is 2.61. The molecule has 0 fully saturated rings. The van der Waals surface area contributed by atoms with E-state index in [4.69, 9.17) is 4.74 Å². The summed E-state index contributed by atoms with van der Waals surface area (Å²) in [6.07, 6.45) is 0.182. The Labute approximate surface area is 147 Å². The molecule has 0 aliphatic rings. The SMILES string of the molecule is O=C(CCSc1ccc(F)cc1)NNC(=O)COc1ccc(F)cc1. The zero-order valence-corrected chi connectivity index (χ0v) is 13.9. The van der Waals surface area contributed by atoms with E-state index in [1.165, 1.54) is 48.2 Å². The third-order valence-electron chi connectivity index (χ3n) is 2.94. The highest BCUT2D eigenvalue weighted by Crippen LogP contribution is 2.18. The fourth-order valence-electron chi connectivity index (χ4n) is 1.71. The Hall–Kier alpha value is -2.61. The van der Waals surface area contributed by atoms with Crippen LogP contribution in [0.1, 0.15) is 6.42 Å². The zero-order chi connectivity index (χ0) is 18.1. The van der Waals surface area contributed by atoms with Gasteiger partial charge in [0.1, 0.15) is 17.4 Å². The second-order valence-corrected chi connectivity index (χ2v) is 6.06. The van der Waals surface area contributed by atoms with Gasteiger partial charge in [-0.15, -0.1) is 11.8 Å². The fraction of sp³-hybridized carbons (Fsp3) is 0.176. The smallest absolute Gasteiger partial charge is 0.276 e. The molecule has 2 N–H and O–H groups in total. The number of thioether (sulfide) groups is 1. The van der Waals surface area contributed by atoms with Crippen LogP contribution in [0.15, 0.2) is 53.4 Å². The molecule has 132 valence electrons. The molecule has 0 bridgehead atoms. The maximum atomic E-state index is 12.8. The molecule has 0 atom stereocenters. The lowest BCUT2D eigenvalue weighted by Gasteiger charge is -2.08. The highest BCUT2D eigenvalue weighted by Gasteiger charge is 2.06. The molecule has 0 aliphatic carbocycles. The molecule has 2 aromatic rings. The van der Waals surface area contributed by atoms with Crippen molar-refractivity contribution in [2.75, 3.05) is 12.4 Å². The Balaban J connectivity index is 1.59. The number of hydrogen-bond acceptors (Lipinski definition) is 4. The van der Waals surface area contributed by atoms with Crippen molar-refractivity contribution in [2.45, 2.75) is 11.3 Å². The van der Waals surface area contributed by atoms with E-state index >= 15 is 0 Å². The molecule has 5 nitrogen and oxygen atoms in total. The van der Waals surface area contributed by atoms with Gasteiger partial charge >= 0.3 is 0 Å². The number of hydrazine groups is 1. The molecule has 25 heavy (non-hydrogen) atoms. The molecule has 0 spiro atoms. The standard InChI is InChI=1S/C17H16F2N2O3S/c18-12-1-5-14(6-2-12)24-11-17(23)21-20-16(22)9-10-25-15-7-3-13(19)4-8-15/h1-8H,9-11H2,(H,20,22)(H,21,23). The minimum absolute atomic E-state index is 0.182. The van der Waals surface area contributed by atoms with Crippen LogP contribution in [0, 0.1) is 11.6 Å². The van der Waals surface area contributed by atoms with Crippen LogP contribution in [0.25, 0.3) is 0 Å². The summed E-state index contributed by atoms with van der Waals surface area (Å²) in [4.78, 5) is 24.0. The highest BCUT2D eigenvalue weighted by molar-refractivity contribution is 7.99. The summed E-state index contributed by atoms with van der Waals surface area (Å²) in [5.41, 5.74) is 4.50. The van der Waals surface area contributed by atoms with E-state index in [2.05, 4.69) is 10.9 Å². The van der Waals surface area contributed by atoms with E-state index < -0.39 is 11.7 Å². The summed E-state index contributed by atoms with van der Waals surface area (Å²) in [7, 11) is 0. The number of nitrogens with one attached hydrogen (secondary N) is 2. The van der Waals surface area contributed by atoms with Gasteiger partial charge in [0.05, 0.1) is 0 Å². The molecule has 0 saturated heterocycles. The Bertz CT molecular complexity index is 709. The first-order valence-electron chi connectivity index (χ1n) is 7.37. The molecule has 0 heterocycles. The summed E-state index contributed by atoms with van der Waals surface area (Å²) in [5.74, 6) is -0.776. The topological polar surface area (TPSA) is 67.4 Å². The Morgan fingerprint density at radius 2 is 1.44 bits per heavy atom. The van der Waals surface area contributed by atoms with Gasteiger partial charge in [0, 0.05) is 17.1 Å². The van der Waals surface area contributed by atoms with Crippen LogP contribution >= 0.6 is 11.8 Å². The van der Waals surface area contributed by atoms with Crippen molar-refractivity contribution in [3.8, 4) is 5.75 Å². The Morgan fingerprint density at radius 3 is 2.08 bits per heavy atom. The number of halogens is 2. The number of carbonyl (C=O) groups is 2. The molecule has 0 saturated carbocycles. The number of benzene rings is 2. The van der Waals surface area contributed by atoms with Gasteiger partial charge in [-0.1, -0.05) is 0 Å². The zero-order valence-electron chi connectivity index (χ0n) is 13.1. The minimum atomic E-state index is -0.538. The first kappa shape index (κ1) is 18.7. The van der Waals surface area contributed by atoms with Gasteiger partial charge in [0.25, 0.3) is 5.91 Å². The molecule has 2 aromatic carbocycles. The summed E-state index contributed by atoms with van der Waals surface area (Å²) < 4.78 is 30.6. The van der Waals surface area contributed by atoms with Gasteiger partial charge in [-0.3, -0.25) is 20.4 Å². The molecule has 0 aromatic heterocycles. The lowest BCUT2D eigenvalue weighted by molar-refractivity contribution is -0.129. The minimum Gasteiger partial charge on any atom is -0.484 e. The van der Waals surface area contributed by atoms with Crippen LogP contribution in [-0.2, 0) is 9.59 Å². The predicted molar refractivity (Wildman–Crippen MR) is 89.9 cm³/mol. The average molecular weight is 366 g/mol. The first-order valence-corrected chi connectivity index (χ1v) is 8.36. The quantitative estimate of drug-likeness (QED) is 0.584. The predicted octanol–water partition coefficient (Wildman–Crippen LogP) is 2.67. The third kappa shape index (κ3) is 7.21. The maximum Gasteiger partial charge on any atom is 0.276 e. The van der Waals surface area contributed by atoms with E-state index in [0.29, 0.717) is 11.5 Å². The summed E-state index contributed by atoms with van der Waals surface area (Å²) in [5, 5.41) is 0. The van der Waals surface area contributed by atoms with Crippen molar-refractivity contribution in [1.29, 1.82) is 0 Å². The van der Waals surface area contributed by atoms with Gasteiger partial charge in [0.15, 0.2) is 6.61 Å². The van der Waals surface area contributed by atoms with Gasteiger partial charge in [-0.25, -0.2) is 8.78 Å². The number of amides is 2. The van der Waals surface area contributed by atoms with Crippen LogP contribution in [0.4, 0.5) is 8.78 Å². The van der Waals surface area contributed by atoms with Gasteiger partial charge in [-0.2, -0.15) is 0 Å². The lowest BCUT2D eigenvalue weighted by Crippen LogP contribution is -2.43. The fourth-order valence-corrected chi connectivity index (χ4v) is 2.56. The summed E-state index contributed by atoms with van der Waals surface area (Å²) in [6, 6.07) is 11.2. The van der Waals surface area contributed by atoms with Crippen molar-refractivity contribution in [3.05, 3.63) is 60.2 Å². The van der Waals surface area contributed by atoms with E-state index in [0.717, 1.165) is 4.90 Å². The molecule has 0 radical (unpaired) electrons. The largest absolute Gasteiger partial charge is 0.484 e. The van der Waals surface area contributed by atoms with Crippen molar-refractivity contribution < 1.29 is 23.1 Å². The van der Waals surface area contributed by atoms with Crippen molar-refractivity contribution in [2.24, 2.45) is 0 Å². The van der Waals surface area contributed by atoms with E-state index in [1.54, 1.807) is 12.1 Å². The van der Waals surface area contributed by atoms with Crippen molar-refractivity contribution in [1.82, 2.24) is 10.9 Å². The number of carbonyl (C=O) groups excluding carboxylic acids is 2. The Kier molecular flexibility index (Phi) is 7.21. The molecule has 2 rings (SSSR count). The third-order valence-corrected chi connectivity index (χ3v) is 3.95. The molecular weight excluding hydrogens is 350 g/mol. The second-order valence-electron chi connectivity index (χ2n) is 4.89. The van der Waals surface area contributed by atoms with E-state index in [1.807, 2.05) is 0 Å². The summed E-state index contributed by atoms with van der Waals surface area (Å²) in [6.45, 7) is -0.309. The monoisotopic (exact) mass is 366 g/mol. The highest BCUT2D eigenvalue weighted by atomic mass is 32.2. The van der Waals surface area contributed by atoms with E-state index in [9.17, 15) is 18.4 Å². The van der Waals surface area contributed by atoms with Crippen molar-refractivity contribution >= 4 is 23.6 Å². The van der Waals surface area contributed by atoms with Crippen LogP contribution in [-0.4, -0.2) is 24.2 Å².